The van der Waals surface area contributed by atoms with E-state index in [0.29, 0.717) is 6.54 Å². The highest BCUT2D eigenvalue weighted by Gasteiger charge is 2.01. The van der Waals surface area contributed by atoms with Crippen molar-refractivity contribution in [3.05, 3.63) is 53.9 Å². The van der Waals surface area contributed by atoms with E-state index in [1.807, 2.05) is 13.1 Å². The van der Waals surface area contributed by atoms with E-state index in [-0.39, 0.29) is 0 Å². The zero-order valence-electron chi connectivity index (χ0n) is 10.2. The standard InChI is InChI=1S/C14H15N3O/c1-10-7-17-14(18-10)9-15-8-11-2-3-12-4-5-16-13(12)6-11/h2-7,15-16H,8-9H2,1H3. The van der Waals surface area contributed by atoms with Crippen LogP contribution in [0.2, 0.25) is 0 Å². The van der Waals surface area contributed by atoms with Crippen molar-refractivity contribution >= 4 is 10.9 Å². The highest BCUT2D eigenvalue weighted by atomic mass is 16.4. The van der Waals surface area contributed by atoms with Crippen LogP contribution in [0.5, 0.6) is 0 Å². The van der Waals surface area contributed by atoms with Crippen LogP contribution in [0.15, 0.2) is 41.1 Å². The molecule has 0 spiro atoms. The Morgan fingerprint density at radius 1 is 1.28 bits per heavy atom. The van der Waals surface area contributed by atoms with Crippen molar-refractivity contribution in [1.82, 2.24) is 15.3 Å². The minimum Gasteiger partial charge on any atom is -0.445 e. The molecule has 0 fully saturated rings. The lowest BCUT2D eigenvalue weighted by Crippen LogP contribution is -2.12. The number of aryl methyl sites for hydroxylation is 1. The smallest absolute Gasteiger partial charge is 0.208 e. The van der Waals surface area contributed by atoms with Crippen molar-refractivity contribution in [2.75, 3.05) is 0 Å². The molecule has 0 bridgehead atoms. The van der Waals surface area contributed by atoms with Gasteiger partial charge in [0.2, 0.25) is 5.89 Å². The summed E-state index contributed by atoms with van der Waals surface area (Å²) in [4.78, 5) is 7.37. The van der Waals surface area contributed by atoms with Crippen molar-refractivity contribution in [2.45, 2.75) is 20.0 Å². The fourth-order valence-electron chi connectivity index (χ4n) is 2.00. The molecule has 0 atom stereocenters. The van der Waals surface area contributed by atoms with Gasteiger partial charge in [-0.15, -0.1) is 0 Å². The second kappa shape index (κ2) is 4.66. The van der Waals surface area contributed by atoms with Gasteiger partial charge < -0.3 is 14.7 Å². The van der Waals surface area contributed by atoms with Crippen LogP contribution in [-0.4, -0.2) is 9.97 Å². The molecule has 3 rings (SSSR count). The van der Waals surface area contributed by atoms with E-state index in [4.69, 9.17) is 4.42 Å². The molecule has 2 heterocycles. The van der Waals surface area contributed by atoms with Crippen LogP contribution < -0.4 is 5.32 Å². The Hall–Kier alpha value is -2.07. The Labute approximate surface area is 105 Å². The van der Waals surface area contributed by atoms with Crippen molar-refractivity contribution in [3.63, 3.8) is 0 Å². The first kappa shape index (κ1) is 11.0. The number of rotatable bonds is 4. The molecule has 3 aromatic rings. The fraction of sp³-hybridized carbons (Fsp3) is 0.214. The van der Waals surface area contributed by atoms with E-state index in [1.54, 1.807) is 6.20 Å². The normalized spacial score (nSPS) is 11.2. The number of fused-ring (bicyclic) bond motifs is 1. The van der Waals surface area contributed by atoms with E-state index in [0.717, 1.165) is 18.2 Å². The van der Waals surface area contributed by atoms with Crippen LogP contribution in [0.3, 0.4) is 0 Å². The number of oxazole rings is 1. The first-order valence-electron chi connectivity index (χ1n) is 5.99. The monoisotopic (exact) mass is 241 g/mol. The summed E-state index contributed by atoms with van der Waals surface area (Å²) in [5, 5.41) is 4.56. The molecule has 92 valence electrons. The van der Waals surface area contributed by atoms with Gasteiger partial charge in [-0.25, -0.2) is 4.98 Å². The van der Waals surface area contributed by atoms with Crippen molar-refractivity contribution in [3.8, 4) is 0 Å². The van der Waals surface area contributed by atoms with Gasteiger partial charge >= 0.3 is 0 Å². The predicted molar refractivity (Wildman–Crippen MR) is 70.1 cm³/mol. The summed E-state index contributed by atoms with van der Waals surface area (Å²) < 4.78 is 5.40. The van der Waals surface area contributed by atoms with Gasteiger partial charge in [0.05, 0.1) is 12.7 Å². The maximum Gasteiger partial charge on any atom is 0.208 e. The molecule has 0 saturated carbocycles. The number of H-pyrrole nitrogens is 1. The van der Waals surface area contributed by atoms with Gasteiger partial charge in [-0.1, -0.05) is 12.1 Å². The molecule has 0 saturated heterocycles. The SMILES string of the molecule is Cc1cnc(CNCc2ccc3cc[nH]c3c2)o1. The third kappa shape index (κ3) is 2.28. The minimum absolute atomic E-state index is 0.649. The third-order valence-corrected chi connectivity index (χ3v) is 2.89. The minimum atomic E-state index is 0.649. The van der Waals surface area contributed by atoms with Crippen LogP contribution in [0.4, 0.5) is 0 Å². The Kier molecular flexibility index (Phi) is 2.86. The van der Waals surface area contributed by atoms with Gasteiger partial charge in [-0.3, -0.25) is 0 Å². The zero-order chi connectivity index (χ0) is 12.4. The molecule has 18 heavy (non-hydrogen) atoms. The molecule has 2 aromatic heterocycles. The lowest BCUT2D eigenvalue weighted by Gasteiger charge is -2.03. The molecule has 0 unspecified atom stereocenters. The Morgan fingerprint density at radius 3 is 3.06 bits per heavy atom. The Balaban J connectivity index is 1.62. The summed E-state index contributed by atoms with van der Waals surface area (Å²) in [7, 11) is 0. The molecule has 0 radical (unpaired) electrons. The van der Waals surface area contributed by atoms with E-state index in [1.165, 1.54) is 16.5 Å². The fourth-order valence-corrected chi connectivity index (χ4v) is 2.00. The van der Waals surface area contributed by atoms with Crippen LogP contribution in [0, 0.1) is 6.92 Å². The maximum absolute atomic E-state index is 5.40. The van der Waals surface area contributed by atoms with E-state index in [2.05, 4.69) is 39.6 Å². The first-order valence-corrected chi connectivity index (χ1v) is 5.99. The summed E-state index contributed by atoms with van der Waals surface area (Å²) in [6.07, 6.45) is 3.69. The van der Waals surface area contributed by atoms with Gasteiger partial charge in [0.15, 0.2) is 0 Å². The van der Waals surface area contributed by atoms with Gasteiger partial charge in [0.25, 0.3) is 0 Å². The summed E-state index contributed by atoms with van der Waals surface area (Å²) >= 11 is 0. The van der Waals surface area contributed by atoms with Crippen molar-refractivity contribution in [2.24, 2.45) is 0 Å². The number of nitrogens with one attached hydrogen (secondary N) is 2. The molecule has 2 N–H and O–H groups in total. The number of hydrogen-bond acceptors (Lipinski definition) is 3. The van der Waals surface area contributed by atoms with Gasteiger partial charge in [0.1, 0.15) is 5.76 Å². The van der Waals surface area contributed by atoms with Gasteiger partial charge in [-0.05, 0) is 30.0 Å². The molecule has 4 nitrogen and oxygen atoms in total. The average Bonchev–Trinajstić information content (AvgIpc) is 2.97. The van der Waals surface area contributed by atoms with E-state index >= 15 is 0 Å². The molecular formula is C14H15N3O. The average molecular weight is 241 g/mol. The molecule has 0 aliphatic carbocycles. The molecule has 0 aliphatic heterocycles. The Bertz CT molecular complexity index is 654. The van der Waals surface area contributed by atoms with E-state index < -0.39 is 0 Å². The number of hydrogen-bond donors (Lipinski definition) is 2. The number of nitrogens with zero attached hydrogens (tertiary/aromatic N) is 1. The first-order chi connectivity index (χ1) is 8.81. The van der Waals surface area contributed by atoms with Gasteiger partial charge in [0, 0.05) is 18.3 Å². The molecule has 1 aromatic carbocycles. The quantitative estimate of drug-likeness (QED) is 0.738. The summed E-state index contributed by atoms with van der Waals surface area (Å²) in [6, 6.07) is 8.48. The lowest BCUT2D eigenvalue weighted by molar-refractivity contribution is 0.449. The number of aromatic nitrogens is 2. The highest BCUT2D eigenvalue weighted by Crippen LogP contribution is 2.14. The van der Waals surface area contributed by atoms with Crippen molar-refractivity contribution < 1.29 is 4.42 Å². The van der Waals surface area contributed by atoms with Gasteiger partial charge in [-0.2, -0.15) is 0 Å². The molecule has 4 heteroatoms. The molecule has 0 amide bonds. The second-order valence-corrected chi connectivity index (χ2v) is 4.37. The third-order valence-electron chi connectivity index (χ3n) is 2.89. The van der Waals surface area contributed by atoms with Crippen LogP contribution in [0.1, 0.15) is 17.2 Å². The number of aromatic amines is 1. The van der Waals surface area contributed by atoms with Crippen LogP contribution >= 0.6 is 0 Å². The topological polar surface area (TPSA) is 53.9 Å². The molecule has 0 aliphatic rings. The molecular weight excluding hydrogens is 226 g/mol. The summed E-state index contributed by atoms with van der Waals surface area (Å²) in [5.74, 6) is 1.58. The Morgan fingerprint density at radius 2 is 2.22 bits per heavy atom. The van der Waals surface area contributed by atoms with Crippen LogP contribution in [-0.2, 0) is 13.1 Å². The lowest BCUT2D eigenvalue weighted by atomic mass is 10.1. The number of benzene rings is 1. The van der Waals surface area contributed by atoms with E-state index in [9.17, 15) is 0 Å². The zero-order valence-corrected chi connectivity index (χ0v) is 10.2. The van der Waals surface area contributed by atoms with Crippen LogP contribution in [0.25, 0.3) is 10.9 Å². The second-order valence-electron chi connectivity index (χ2n) is 4.37. The van der Waals surface area contributed by atoms with Crippen molar-refractivity contribution in [1.29, 1.82) is 0 Å². The largest absolute Gasteiger partial charge is 0.445 e. The summed E-state index contributed by atoms with van der Waals surface area (Å²) in [6.45, 7) is 3.35. The summed E-state index contributed by atoms with van der Waals surface area (Å²) in [5.41, 5.74) is 2.41. The predicted octanol–water partition coefficient (Wildman–Crippen LogP) is 2.75. The highest BCUT2D eigenvalue weighted by molar-refractivity contribution is 5.79. The maximum atomic E-state index is 5.40.